The van der Waals surface area contributed by atoms with E-state index in [1.807, 2.05) is 72.8 Å². The van der Waals surface area contributed by atoms with E-state index >= 15 is 0 Å². The highest BCUT2D eigenvalue weighted by molar-refractivity contribution is 5.88. The van der Waals surface area contributed by atoms with Crippen molar-refractivity contribution in [3.63, 3.8) is 0 Å². The van der Waals surface area contributed by atoms with Crippen LogP contribution in [0.3, 0.4) is 0 Å². The van der Waals surface area contributed by atoms with Crippen LogP contribution in [0.4, 0.5) is 0 Å². The van der Waals surface area contributed by atoms with Crippen LogP contribution in [0.15, 0.2) is 91.0 Å². The maximum Gasteiger partial charge on any atom is 0.330 e. The molecule has 0 aliphatic heterocycles. The number of rotatable bonds is 35. The molecular formula is C51H68O12. The van der Waals surface area contributed by atoms with Gasteiger partial charge in [-0.2, -0.15) is 0 Å². The van der Waals surface area contributed by atoms with Crippen LogP contribution in [0.2, 0.25) is 0 Å². The molecule has 0 spiro atoms. The van der Waals surface area contributed by atoms with Crippen LogP contribution in [0.1, 0.15) is 93.7 Å². The zero-order valence-electron chi connectivity index (χ0n) is 37.5. The van der Waals surface area contributed by atoms with E-state index in [9.17, 15) is 14.4 Å². The Hall–Kier alpha value is -5.43. The Bertz CT molecular complexity index is 1660. The number of carbonyl (C=O) groups excluding carboxylic acids is 3. The molecule has 0 unspecified atom stereocenters. The smallest absolute Gasteiger partial charge is 0.330 e. The first-order valence-corrected chi connectivity index (χ1v) is 22.1. The Labute approximate surface area is 374 Å². The van der Waals surface area contributed by atoms with Gasteiger partial charge in [-0.25, -0.2) is 14.4 Å². The molecule has 344 valence electrons. The molecule has 3 aromatic rings. The van der Waals surface area contributed by atoms with E-state index in [2.05, 4.69) is 14.2 Å². The molecule has 0 atom stereocenters. The van der Waals surface area contributed by atoms with Gasteiger partial charge in [0.15, 0.2) is 0 Å². The van der Waals surface area contributed by atoms with Crippen molar-refractivity contribution < 1.29 is 57.0 Å². The van der Waals surface area contributed by atoms with Gasteiger partial charge in [-0.05, 0) is 129 Å². The fourth-order valence-electron chi connectivity index (χ4n) is 5.99. The molecule has 0 N–H and O–H groups in total. The first kappa shape index (κ1) is 51.9. The minimum atomic E-state index is -0.385. The first-order valence-electron chi connectivity index (χ1n) is 22.1. The summed E-state index contributed by atoms with van der Waals surface area (Å²) in [6.45, 7) is 4.93. The first-order chi connectivity index (χ1) is 30.9. The Morgan fingerprint density at radius 1 is 0.397 bits per heavy atom. The molecule has 0 saturated carbocycles. The van der Waals surface area contributed by atoms with E-state index in [1.165, 1.54) is 39.6 Å². The second-order valence-corrected chi connectivity index (χ2v) is 14.7. The molecule has 0 radical (unpaired) electrons. The number of hydrogen-bond acceptors (Lipinski definition) is 12. The number of methoxy groups -OCH3 is 3. The predicted molar refractivity (Wildman–Crippen MR) is 246 cm³/mol. The quantitative estimate of drug-likeness (QED) is 0.0241. The fourth-order valence-corrected chi connectivity index (χ4v) is 5.99. The van der Waals surface area contributed by atoms with Crippen molar-refractivity contribution in [3.05, 3.63) is 108 Å². The van der Waals surface area contributed by atoms with Gasteiger partial charge in [0.25, 0.3) is 0 Å². The van der Waals surface area contributed by atoms with Gasteiger partial charge in [0.1, 0.15) is 23.4 Å². The van der Waals surface area contributed by atoms with Gasteiger partial charge in [0.2, 0.25) is 0 Å². The number of esters is 3. The summed E-state index contributed by atoms with van der Waals surface area (Å²) in [6, 6.07) is 22.8. The highest BCUT2D eigenvalue weighted by Gasteiger charge is 2.11. The van der Waals surface area contributed by atoms with Crippen molar-refractivity contribution in [1.82, 2.24) is 0 Å². The lowest BCUT2D eigenvalue weighted by Gasteiger charge is -2.18. The number of unbranched alkanes of at least 4 members (excludes halogenated alkanes) is 9. The molecule has 0 saturated heterocycles. The van der Waals surface area contributed by atoms with Crippen molar-refractivity contribution in [2.75, 3.05) is 74.2 Å². The van der Waals surface area contributed by atoms with Crippen molar-refractivity contribution in [3.8, 4) is 17.2 Å². The van der Waals surface area contributed by atoms with E-state index in [-0.39, 0.29) is 24.0 Å². The van der Waals surface area contributed by atoms with E-state index in [0.29, 0.717) is 52.9 Å². The number of benzene rings is 3. The topological polar surface area (TPSA) is 134 Å². The largest absolute Gasteiger partial charge is 0.494 e. The summed E-state index contributed by atoms with van der Waals surface area (Å²) in [4.78, 5) is 33.9. The van der Waals surface area contributed by atoms with Gasteiger partial charge < -0.3 is 42.6 Å². The number of hydrogen-bond donors (Lipinski definition) is 0. The number of carbonyl (C=O) groups is 3. The number of ether oxygens (including phenoxy) is 9. The second-order valence-electron chi connectivity index (χ2n) is 14.7. The highest BCUT2D eigenvalue weighted by Crippen LogP contribution is 2.17. The monoisotopic (exact) mass is 872 g/mol. The molecule has 0 fully saturated rings. The van der Waals surface area contributed by atoms with Crippen molar-refractivity contribution >= 4 is 36.1 Å². The standard InChI is InChI=1S/C51H68O12/c1-55-49(52)31-22-42-16-25-45(26-17-42)60-36-12-6-4-10-34-58-40-48(63-39-15-9-8-14-38-62-47-29-20-44(21-30-47)24-33-51(54)57-3)41-59-35-11-5-7-13-37-61-46-27-18-43(19-28-46)23-32-50(53)56-2/h16-33,48H,4-15,34-41H2,1-3H3/b31-22+,32-23+,33-24+. The zero-order valence-corrected chi connectivity index (χ0v) is 37.5. The van der Waals surface area contributed by atoms with Crippen molar-refractivity contribution in [2.24, 2.45) is 0 Å². The van der Waals surface area contributed by atoms with E-state index in [1.54, 1.807) is 18.2 Å². The third kappa shape index (κ3) is 26.0. The highest BCUT2D eigenvalue weighted by atomic mass is 16.6. The van der Waals surface area contributed by atoms with Crippen molar-refractivity contribution in [2.45, 2.75) is 83.2 Å². The maximum absolute atomic E-state index is 11.3. The van der Waals surface area contributed by atoms with Crippen LogP contribution in [-0.2, 0) is 42.8 Å². The average Bonchev–Trinajstić information content (AvgIpc) is 3.32. The molecule has 3 rings (SSSR count). The molecule has 0 aromatic heterocycles. The molecule has 0 bridgehead atoms. The maximum atomic E-state index is 11.3. The SMILES string of the molecule is COC(=O)/C=C/c1ccc(OCCCCCCOCC(COCCCCCCOc2ccc(/C=C/C(=O)OC)cc2)OCCCCCCOc2ccc(/C=C/C(=O)OC)cc2)cc1. The molecule has 12 heteroatoms. The van der Waals surface area contributed by atoms with Gasteiger partial charge >= 0.3 is 17.9 Å². The van der Waals surface area contributed by atoms with Gasteiger partial charge in [0, 0.05) is 38.0 Å². The molecule has 0 heterocycles. The van der Waals surface area contributed by atoms with Gasteiger partial charge in [-0.15, -0.1) is 0 Å². The third-order valence-electron chi connectivity index (χ3n) is 9.65. The van der Waals surface area contributed by atoms with Crippen LogP contribution in [0.25, 0.3) is 18.2 Å². The summed E-state index contributed by atoms with van der Waals surface area (Å²) in [5.41, 5.74) is 2.71. The zero-order chi connectivity index (χ0) is 45.0. The van der Waals surface area contributed by atoms with Crippen LogP contribution in [0, 0.1) is 0 Å². The minimum Gasteiger partial charge on any atom is -0.494 e. The van der Waals surface area contributed by atoms with Crippen LogP contribution in [0.5, 0.6) is 17.2 Å². The van der Waals surface area contributed by atoms with Gasteiger partial charge in [-0.1, -0.05) is 55.7 Å². The lowest BCUT2D eigenvalue weighted by Crippen LogP contribution is -2.27. The molecule has 3 aromatic carbocycles. The lowest BCUT2D eigenvalue weighted by atomic mass is 10.2. The predicted octanol–water partition coefficient (Wildman–Crippen LogP) is 9.88. The molecule has 0 amide bonds. The molecular weight excluding hydrogens is 805 g/mol. The van der Waals surface area contributed by atoms with Crippen LogP contribution < -0.4 is 14.2 Å². The Kier molecular flexibility index (Phi) is 28.1. The lowest BCUT2D eigenvalue weighted by molar-refractivity contribution is -0.135. The Morgan fingerprint density at radius 2 is 0.683 bits per heavy atom. The second kappa shape index (κ2) is 34.1. The van der Waals surface area contributed by atoms with E-state index in [0.717, 1.165) is 111 Å². The molecule has 63 heavy (non-hydrogen) atoms. The fraction of sp³-hybridized carbons (Fsp3) is 0.471. The van der Waals surface area contributed by atoms with E-state index < -0.39 is 0 Å². The molecule has 0 aliphatic rings. The molecule has 12 nitrogen and oxygen atoms in total. The Balaban J connectivity index is 1.27. The van der Waals surface area contributed by atoms with Crippen LogP contribution >= 0.6 is 0 Å². The van der Waals surface area contributed by atoms with Crippen LogP contribution in [-0.4, -0.2) is 98.2 Å². The van der Waals surface area contributed by atoms with Gasteiger partial charge in [0.05, 0.1) is 54.4 Å². The summed E-state index contributed by atoms with van der Waals surface area (Å²) >= 11 is 0. The normalized spacial score (nSPS) is 11.4. The summed E-state index contributed by atoms with van der Waals surface area (Å²) < 4.78 is 49.9. The Morgan fingerprint density at radius 3 is 0.984 bits per heavy atom. The third-order valence-corrected chi connectivity index (χ3v) is 9.65. The molecule has 0 aliphatic carbocycles. The summed E-state index contributed by atoms with van der Waals surface area (Å²) in [5.74, 6) is 1.26. The average molecular weight is 873 g/mol. The summed E-state index contributed by atoms with van der Waals surface area (Å²) in [5, 5.41) is 0. The van der Waals surface area contributed by atoms with Crippen molar-refractivity contribution in [1.29, 1.82) is 0 Å². The van der Waals surface area contributed by atoms with E-state index in [4.69, 9.17) is 28.4 Å². The summed E-state index contributed by atoms with van der Waals surface area (Å²) in [6.07, 6.45) is 21.3. The van der Waals surface area contributed by atoms with Gasteiger partial charge in [-0.3, -0.25) is 0 Å². The minimum absolute atomic E-state index is 0.120. The summed E-state index contributed by atoms with van der Waals surface area (Å²) in [7, 11) is 4.07.